The predicted octanol–water partition coefficient (Wildman–Crippen LogP) is 2.75. The Morgan fingerprint density at radius 3 is 2.71 bits per heavy atom. The topological polar surface area (TPSA) is 47.4 Å². The molecule has 21 heavy (non-hydrogen) atoms. The van der Waals surface area contributed by atoms with Crippen molar-refractivity contribution in [2.75, 3.05) is 13.2 Å². The fourth-order valence-electron chi connectivity index (χ4n) is 3.17. The predicted molar refractivity (Wildman–Crippen MR) is 82.1 cm³/mol. The summed E-state index contributed by atoms with van der Waals surface area (Å²) in [6.07, 6.45) is 8.14. The van der Waals surface area contributed by atoms with Gasteiger partial charge in [0.2, 0.25) is 0 Å². The second-order valence-electron chi connectivity index (χ2n) is 5.70. The van der Waals surface area contributed by atoms with Crippen molar-refractivity contribution in [2.45, 2.75) is 58.5 Å². The largest absolute Gasteiger partial charge is 0.462 e. The van der Waals surface area contributed by atoms with Gasteiger partial charge in [0.05, 0.1) is 18.5 Å². The number of carbonyl (C=O) groups is 1. The maximum Gasteiger partial charge on any atom is 0.341 e. The maximum absolute atomic E-state index is 12.0. The van der Waals surface area contributed by atoms with E-state index in [1.807, 2.05) is 14.0 Å². The zero-order chi connectivity index (χ0) is 15.2. The standard InChI is InChI=1S/C16H27N3O2/c1-4-19(13-9-7-6-8-10-13)12-15-14(11-17-18(15)3)16(20)21-5-2/h11,13H,4-10,12H2,1-3H3. The highest BCUT2D eigenvalue weighted by molar-refractivity contribution is 5.90. The minimum Gasteiger partial charge on any atom is -0.462 e. The molecule has 1 aromatic rings. The highest BCUT2D eigenvalue weighted by Gasteiger charge is 2.24. The fraction of sp³-hybridized carbons (Fsp3) is 0.750. The number of rotatable bonds is 6. The third kappa shape index (κ3) is 3.84. The van der Waals surface area contributed by atoms with Gasteiger partial charge in [0.25, 0.3) is 0 Å². The van der Waals surface area contributed by atoms with Crippen LogP contribution in [0.2, 0.25) is 0 Å². The lowest BCUT2D eigenvalue weighted by Crippen LogP contribution is -2.37. The molecule has 0 N–H and O–H groups in total. The molecular weight excluding hydrogens is 266 g/mol. The number of esters is 1. The summed E-state index contributed by atoms with van der Waals surface area (Å²) in [5.74, 6) is -0.264. The number of hydrogen-bond acceptors (Lipinski definition) is 4. The Hall–Kier alpha value is -1.36. The maximum atomic E-state index is 12.0. The van der Waals surface area contributed by atoms with E-state index in [1.54, 1.807) is 10.9 Å². The van der Waals surface area contributed by atoms with Crippen molar-refractivity contribution in [2.24, 2.45) is 7.05 Å². The van der Waals surface area contributed by atoms with Crippen molar-refractivity contribution in [1.29, 1.82) is 0 Å². The van der Waals surface area contributed by atoms with Gasteiger partial charge in [-0.15, -0.1) is 0 Å². The third-order valence-electron chi connectivity index (χ3n) is 4.41. The molecule has 0 amide bonds. The Morgan fingerprint density at radius 1 is 1.38 bits per heavy atom. The van der Waals surface area contributed by atoms with Gasteiger partial charge < -0.3 is 4.74 Å². The van der Waals surface area contributed by atoms with Crippen molar-refractivity contribution < 1.29 is 9.53 Å². The molecule has 0 spiro atoms. The zero-order valence-corrected chi connectivity index (χ0v) is 13.5. The summed E-state index contributed by atoms with van der Waals surface area (Å²) in [5, 5.41) is 4.24. The summed E-state index contributed by atoms with van der Waals surface area (Å²) in [6, 6.07) is 0.633. The average Bonchev–Trinajstić information content (AvgIpc) is 2.87. The van der Waals surface area contributed by atoms with Crippen molar-refractivity contribution in [3.8, 4) is 0 Å². The molecule has 2 rings (SSSR count). The van der Waals surface area contributed by atoms with Crippen molar-refractivity contribution in [1.82, 2.24) is 14.7 Å². The lowest BCUT2D eigenvalue weighted by Gasteiger charge is -2.33. The molecule has 1 saturated carbocycles. The van der Waals surface area contributed by atoms with Crippen LogP contribution in [-0.2, 0) is 18.3 Å². The van der Waals surface area contributed by atoms with Gasteiger partial charge in [0.1, 0.15) is 5.56 Å². The van der Waals surface area contributed by atoms with Crippen LogP contribution in [0, 0.1) is 0 Å². The lowest BCUT2D eigenvalue weighted by molar-refractivity contribution is 0.0522. The van der Waals surface area contributed by atoms with E-state index in [-0.39, 0.29) is 5.97 Å². The van der Waals surface area contributed by atoms with Gasteiger partial charge in [-0.3, -0.25) is 9.58 Å². The molecule has 5 nitrogen and oxygen atoms in total. The third-order valence-corrected chi connectivity index (χ3v) is 4.41. The normalized spacial score (nSPS) is 16.4. The van der Waals surface area contributed by atoms with Crippen LogP contribution in [0.5, 0.6) is 0 Å². The summed E-state index contributed by atoms with van der Waals surface area (Å²) >= 11 is 0. The number of aromatic nitrogens is 2. The second-order valence-corrected chi connectivity index (χ2v) is 5.70. The molecule has 1 heterocycles. The lowest BCUT2D eigenvalue weighted by atomic mass is 9.94. The summed E-state index contributed by atoms with van der Waals surface area (Å²) in [5.41, 5.74) is 1.56. The van der Waals surface area contributed by atoms with E-state index in [9.17, 15) is 4.79 Å². The Morgan fingerprint density at radius 2 is 2.10 bits per heavy atom. The molecule has 0 aliphatic heterocycles. The molecule has 0 aromatic carbocycles. The highest BCUT2D eigenvalue weighted by atomic mass is 16.5. The number of ether oxygens (including phenoxy) is 1. The van der Waals surface area contributed by atoms with Gasteiger partial charge in [0, 0.05) is 19.6 Å². The first kappa shape index (κ1) is 16.0. The molecule has 1 aliphatic rings. The molecular formula is C16H27N3O2. The summed E-state index contributed by atoms with van der Waals surface area (Å²) in [6.45, 7) is 6.18. The van der Waals surface area contributed by atoms with Gasteiger partial charge in [0.15, 0.2) is 0 Å². The first-order valence-corrected chi connectivity index (χ1v) is 8.09. The van der Waals surface area contributed by atoms with Crippen LogP contribution in [0.15, 0.2) is 6.20 Å². The summed E-state index contributed by atoms with van der Waals surface area (Å²) in [7, 11) is 1.90. The van der Waals surface area contributed by atoms with Crippen molar-refractivity contribution >= 4 is 5.97 Å². The van der Waals surface area contributed by atoms with Crippen LogP contribution in [0.25, 0.3) is 0 Å². The van der Waals surface area contributed by atoms with E-state index in [2.05, 4.69) is 16.9 Å². The van der Waals surface area contributed by atoms with Crippen molar-refractivity contribution in [3.63, 3.8) is 0 Å². The van der Waals surface area contributed by atoms with Gasteiger partial charge in [-0.1, -0.05) is 26.2 Å². The van der Waals surface area contributed by atoms with Crippen LogP contribution >= 0.6 is 0 Å². The molecule has 0 saturated heterocycles. The molecule has 1 aromatic heterocycles. The Labute approximate surface area is 127 Å². The van der Waals surface area contributed by atoms with E-state index in [0.29, 0.717) is 18.2 Å². The zero-order valence-electron chi connectivity index (χ0n) is 13.5. The Kier molecular flexibility index (Phi) is 5.79. The van der Waals surface area contributed by atoms with Crippen LogP contribution in [0.4, 0.5) is 0 Å². The fourth-order valence-corrected chi connectivity index (χ4v) is 3.17. The molecule has 5 heteroatoms. The highest BCUT2D eigenvalue weighted by Crippen LogP contribution is 2.24. The van der Waals surface area contributed by atoms with E-state index >= 15 is 0 Å². The quantitative estimate of drug-likeness (QED) is 0.757. The van der Waals surface area contributed by atoms with Crippen LogP contribution in [0.1, 0.15) is 62.0 Å². The smallest absolute Gasteiger partial charge is 0.341 e. The first-order valence-electron chi connectivity index (χ1n) is 8.09. The summed E-state index contributed by atoms with van der Waals surface area (Å²) < 4.78 is 6.94. The minimum atomic E-state index is -0.264. The SMILES string of the molecule is CCOC(=O)c1cnn(C)c1CN(CC)C1CCCCC1. The number of hydrogen-bond donors (Lipinski definition) is 0. The number of carbonyl (C=O) groups excluding carboxylic acids is 1. The Balaban J connectivity index is 2.12. The van der Waals surface area contributed by atoms with E-state index in [0.717, 1.165) is 18.8 Å². The summed E-state index contributed by atoms with van der Waals surface area (Å²) in [4.78, 5) is 14.5. The van der Waals surface area contributed by atoms with Crippen LogP contribution in [-0.4, -0.2) is 39.8 Å². The number of nitrogens with zero attached hydrogens (tertiary/aromatic N) is 3. The van der Waals surface area contributed by atoms with Gasteiger partial charge in [-0.2, -0.15) is 5.10 Å². The van der Waals surface area contributed by atoms with Gasteiger partial charge >= 0.3 is 5.97 Å². The van der Waals surface area contributed by atoms with Gasteiger partial charge in [-0.25, -0.2) is 4.79 Å². The molecule has 1 fully saturated rings. The van der Waals surface area contributed by atoms with Crippen molar-refractivity contribution in [3.05, 3.63) is 17.5 Å². The van der Waals surface area contributed by atoms with E-state index < -0.39 is 0 Å². The monoisotopic (exact) mass is 293 g/mol. The second kappa shape index (κ2) is 7.59. The van der Waals surface area contributed by atoms with E-state index in [4.69, 9.17) is 4.74 Å². The molecule has 0 unspecified atom stereocenters. The van der Waals surface area contributed by atoms with Gasteiger partial charge in [-0.05, 0) is 26.3 Å². The average molecular weight is 293 g/mol. The molecule has 0 radical (unpaired) electrons. The molecule has 118 valence electrons. The van der Waals surface area contributed by atoms with Crippen LogP contribution < -0.4 is 0 Å². The van der Waals surface area contributed by atoms with E-state index in [1.165, 1.54) is 32.1 Å². The molecule has 0 atom stereocenters. The Bertz CT molecular complexity index is 464. The first-order chi connectivity index (χ1) is 10.2. The minimum absolute atomic E-state index is 0.264. The molecule has 1 aliphatic carbocycles. The molecule has 0 bridgehead atoms. The van der Waals surface area contributed by atoms with Crippen LogP contribution in [0.3, 0.4) is 0 Å². The number of aryl methyl sites for hydroxylation is 1.